The van der Waals surface area contributed by atoms with E-state index in [2.05, 4.69) is 10.5 Å². The number of carbonyl (C=O) groups is 1. The highest BCUT2D eigenvalue weighted by molar-refractivity contribution is 7.07. The Bertz CT molecular complexity index is 309. The van der Waals surface area contributed by atoms with E-state index in [0.717, 1.165) is 19.3 Å². The Morgan fingerprint density at radius 1 is 1.67 bits per heavy atom. The molecule has 0 spiro atoms. The lowest BCUT2D eigenvalue weighted by atomic mass is 10.2. The Morgan fingerprint density at radius 2 is 2.60 bits per heavy atom. The number of hydroxylamine groups is 1. The number of rotatable bonds is 3. The molecule has 5 nitrogen and oxygen atoms in total. The van der Waals surface area contributed by atoms with Crippen molar-refractivity contribution in [2.24, 2.45) is 0 Å². The van der Waals surface area contributed by atoms with Gasteiger partial charge in [-0.1, -0.05) is 0 Å². The zero-order chi connectivity index (χ0) is 10.5. The zero-order valence-corrected chi connectivity index (χ0v) is 8.96. The molecule has 82 valence electrons. The Balaban J connectivity index is 1.75. The summed E-state index contributed by atoms with van der Waals surface area (Å²) in [6.45, 7) is 0.692. The molecule has 1 saturated heterocycles. The van der Waals surface area contributed by atoms with Gasteiger partial charge in [0, 0.05) is 18.4 Å². The molecule has 0 aromatic carbocycles. The topological polar surface area (TPSA) is 60.5 Å². The van der Waals surface area contributed by atoms with Gasteiger partial charge in [-0.3, -0.25) is 4.79 Å². The van der Waals surface area contributed by atoms with Crippen molar-refractivity contribution in [3.8, 4) is 0 Å². The van der Waals surface area contributed by atoms with Crippen molar-refractivity contribution >= 4 is 17.2 Å². The van der Waals surface area contributed by atoms with E-state index < -0.39 is 0 Å². The molecule has 1 aliphatic rings. The number of hydrogen-bond donors (Lipinski definition) is 1. The smallest absolute Gasteiger partial charge is 0.294 e. The van der Waals surface area contributed by atoms with E-state index in [1.807, 2.05) is 0 Å². The first kappa shape index (κ1) is 10.5. The molecule has 0 bridgehead atoms. The fourth-order valence-electron chi connectivity index (χ4n) is 1.30. The van der Waals surface area contributed by atoms with Crippen molar-refractivity contribution in [2.75, 3.05) is 6.61 Å². The van der Waals surface area contributed by atoms with Gasteiger partial charge in [0.05, 0.1) is 5.51 Å². The highest BCUT2D eigenvalue weighted by Crippen LogP contribution is 2.12. The van der Waals surface area contributed by atoms with Crippen LogP contribution in [0.5, 0.6) is 0 Å². The summed E-state index contributed by atoms with van der Waals surface area (Å²) in [6.07, 6.45) is 2.62. The van der Waals surface area contributed by atoms with Gasteiger partial charge in [-0.05, 0) is 12.8 Å². The Hall–Kier alpha value is -0.980. The van der Waals surface area contributed by atoms with Gasteiger partial charge in [-0.25, -0.2) is 15.3 Å². The van der Waals surface area contributed by atoms with E-state index in [9.17, 15) is 4.79 Å². The number of nitrogens with one attached hydrogen (secondary N) is 1. The summed E-state index contributed by atoms with van der Waals surface area (Å²) in [7, 11) is 0. The second kappa shape index (κ2) is 5.20. The van der Waals surface area contributed by atoms with Crippen LogP contribution in [0.15, 0.2) is 10.9 Å². The first-order valence-electron chi connectivity index (χ1n) is 4.82. The molecule has 6 heteroatoms. The van der Waals surface area contributed by atoms with E-state index in [0.29, 0.717) is 12.3 Å². The first-order valence-corrected chi connectivity index (χ1v) is 5.76. The predicted octanol–water partition coefficient (Wildman–Crippen LogP) is 1.33. The average molecular weight is 228 g/mol. The Kier molecular flexibility index (Phi) is 3.65. The van der Waals surface area contributed by atoms with Gasteiger partial charge in [0.2, 0.25) is 0 Å². The van der Waals surface area contributed by atoms with Crippen LogP contribution in [0.25, 0.3) is 0 Å². The van der Waals surface area contributed by atoms with Crippen LogP contribution >= 0.6 is 11.3 Å². The third-order valence-corrected chi connectivity index (χ3v) is 2.67. The summed E-state index contributed by atoms with van der Waals surface area (Å²) in [5.41, 5.74) is 4.31. The normalized spacial score (nSPS) is 21.2. The van der Waals surface area contributed by atoms with E-state index in [-0.39, 0.29) is 12.2 Å². The molecule has 1 aliphatic heterocycles. The highest BCUT2D eigenvalue weighted by Gasteiger charge is 2.16. The van der Waals surface area contributed by atoms with E-state index in [1.54, 1.807) is 10.9 Å². The standard InChI is InChI=1S/C9H12N2O3S/c12-9(7-5-15-6-10-7)11-14-8-3-1-2-4-13-8/h5-6,8H,1-4H2,(H,11,12)/t8-/m0/s1. The lowest BCUT2D eigenvalue weighted by Crippen LogP contribution is -2.33. The highest BCUT2D eigenvalue weighted by atomic mass is 32.1. The summed E-state index contributed by atoms with van der Waals surface area (Å²) >= 11 is 1.37. The number of hydrogen-bond acceptors (Lipinski definition) is 5. The minimum absolute atomic E-state index is 0.318. The van der Waals surface area contributed by atoms with Gasteiger partial charge >= 0.3 is 0 Å². The van der Waals surface area contributed by atoms with Crippen molar-refractivity contribution in [1.82, 2.24) is 10.5 Å². The summed E-state index contributed by atoms with van der Waals surface area (Å²) in [4.78, 5) is 20.4. The zero-order valence-electron chi connectivity index (χ0n) is 8.14. The van der Waals surface area contributed by atoms with Crippen molar-refractivity contribution in [2.45, 2.75) is 25.6 Å². The maximum absolute atomic E-state index is 11.4. The summed E-state index contributed by atoms with van der Waals surface area (Å²) in [5, 5.41) is 1.67. The molecule has 0 aliphatic carbocycles. The lowest BCUT2D eigenvalue weighted by molar-refractivity contribution is -0.186. The maximum Gasteiger partial charge on any atom is 0.294 e. The molecule has 0 saturated carbocycles. The number of nitrogens with zero attached hydrogens (tertiary/aromatic N) is 1. The number of aromatic nitrogens is 1. The van der Waals surface area contributed by atoms with Gasteiger partial charge in [0.1, 0.15) is 5.69 Å². The number of thiazole rings is 1. The van der Waals surface area contributed by atoms with Crippen molar-refractivity contribution in [3.63, 3.8) is 0 Å². The molecular formula is C9H12N2O3S. The Labute approximate surface area is 91.4 Å². The maximum atomic E-state index is 11.4. The third kappa shape index (κ3) is 2.98. The van der Waals surface area contributed by atoms with Crippen LogP contribution in [0.2, 0.25) is 0 Å². The molecule has 1 fully saturated rings. The molecule has 1 aromatic rings. The minimum Gasteiger partial charge on any atom is -0.350 e. The van der Waals surface area contributed by atoms with E-state index in [4.69, 9.17) is 9.57 Å². The quantitative estimate of drug-likeness (QED) is 0.793. The average Bonchev–Trinajstić information content (AvgIpc) is 2.81. The van der Waals surface area contributed by atoms with Crippen LogP contribution in [0.4, 0.5) is 0 Å². The van der Waals surface area contributed by atoms with Crippen LogP contribution in [0.3, 0.4) is 0 Å². The lowest BCUT2D eigenvalue weighted by Gasteiger charge is -2.21. The SMILES string of the molecule is O=C(NO[C@H]1CCCCO1)c1cscn1. The van der Waals surface area contributed by atoms with Crippen LogP contribution in [0.1, 0.15) is 29.8 Å². The van der Waals surface area contributed by atoms with E-state index in [1.165, 1.54) is 11.3 Å². The molecule has 0 radical (unpaired) electrons. The second-order valence-electron chi connectivity index (χ2n) is 3.22. The van der Waals surface area contributed by atoms with E-state index >= 15 is 0 Å². The van der Waals surface area contributed by atoms with Gasteiger partial charge < -0.3 is 4.74 Å². The molecule has 0 unspecified atom stereocenters. The fourth-order valence-corrected chi connectivity index (χ4v) is 1.83. The van der Waals surface area contributed by atoms with Gasteiger partial charge in [0.15, 0.2) is 6.29 Å². The van der Waals surface area contributed by atoms with Crippen LogP contribution < -0.4 is 5.48 Å². The number of ether oxygens (including phenoxy) is 1. The van der Waals surface area contributed by atoms with Gasteiger partial charge in [0.25, 0.3) is 5.91 Å². The molecule has 1 N–H and O–H groups in total. The minimum atomic E-state index is -0.328. The predicted molar refractivity (Wildman–Crippen MR) is 54.3 cm³/mol. The molecule has 1 atom stereocenters. The second-order valence-corrected chi connectivity index (χ2v) is 3.94. The monoisotopic (exact) mass is 228 g/mol. The van der Waals surface area contributed by atoms with Gasteiger partial charge in [-0.2, -0.15) is 0 Å². The molecule has 15 heavy (non-hydrogen) atoms. The molecule has 1 aromatic heterocycles. The van der Waals surface area contributed by atoms with Crippen LogP contribution in [0, 0.1) is 0 Å². The largest absolute Gasteiger partial charge is 0.350 e. The summed E-state index contributed by atoms with van der Waals surface area (Å²) < 4.78 is 5.29. The molecule has 2 heterocycles. The van der Waals surface area contributed by atoms with Crippen LogP contribution in [-0.4, -0.2) is 23.8 Å². The summed E-state index contributed by atoms with van der Waals surface area (Å²) in [6, 6.07) is 0. The molecular weight excluding hydrogens is 216 g/mol. The Morgan fingerprint density at radius 3 is 3.27 bits per heavy atom. The van der Waals surface area contributed by atoms with Crippen molar-refractivity contribution < 1.29 is 14.4 Å². The third-order valence-electron chi connectivity index (χ3n) is 2.09. The van der Waals surface area contributed by atoms with Gasteiger partial charge in [-0.15, -0.1) is 11.3 Å². The molecule has 1 amide bonds. The fraction of sp³-hybridized carbons (Fsp3) is 0.556. The number of amides is 1. The van der Waals surface area contributed by atoms with Crippen molar-refractivity contribution in [3.05, 3.63) is 16.6 Å². The molecule has 2 rings (SSSR count). The van der Waals surface area contributed by atoms with Crippen LogP contribution in [-0.2, 0) is 9.57 Å². The first-order chi connectivity index (χ1) is 7.36. The number of carbonyl (C=O) groups excluding carboxylic acids is 1. The summed E-state index contributed by atoms with van der Waals surface area (Å²) in [5.74, 6) is -0.328. The van der Waals surface area contributed by atoms with Crippen molar-refractivity contribution in [1.29, 1.82) is 0 Å².